The van der Waals surface area contributed by atoms with Crippen LogP contribution in [0.1, 0.15) is 12.5 Å². The number of carboxylic acid groups (broad SMARTS) is 1. The Morgan fingerprint density at radius 1 is 1.48 bits per heavy atom. The highest BCUT2D eigenvalue weighted by Gasteiger charge is 2.35. The van der Waals surface area contributed by atoms with Crippen molar-refractivity contribution in [2.24, 2.45) is 5.92 Å². The Bertz CT molecular complexity index is 559. The van der Waals surface area contributed by atoms with Gasteiger partial charge < -0.3 is 10.0 Å². The summed E-state index contributed by atoms with van der Waals surface area (Å²) < 4.78 is 0. The fraction of sp³-hybridized carbons (Fsp3) is 0.400. The molecule has 5 nitrogen and oxygen atoms in total. The van der Waals surface area contributed by atoms with Gasteiger partial charge in [0.25, 0.3) is 0 Å². The van der Waals surface area contributed by atoms with E-state index in [1.165, 1.54) is 4.90 Å². The van der Waals surface area contributed by atoms with Gasteiger partial charge in [-0.1, -0.05) is 6.92 Å². The van der Waals surface area contributed by atoms with Crippen LogP contribution in [0.5, 0.6) is 0 Å². The molecule has 0 saturated heterocycles. The number of nitrogens with zero attached hydrogens (tertiary/aromatic N) is 2. The minimum absolute atomic E-state index is 0.168. The van der Waals surface area contributed by atoms with Gasteiger partial charge in [0.1, 0.15) is 6.04 Å². The molecule has 6 heteroatoms. The molecule has 0 aliphatic carbocycles. The smallest absolute Gasteiger partial charge is 0.330 e. The van der Waals surface area contributed by atoms with Crippen LogP contribution in [0.25, 0.3) is 0 Å². The van der Waals surface area contributed by atoms with Gasteiger partial charge in [-0.25, -0.2) is 4.79 Å². The molecule has 2 heterocycles. The number of carboxylic acids is 1. The van der Waals surface area contributed by atoms with Crippen molar-refractivity contribution in [3.05, 3.63) is 41.7 Å². The molecule has 0 radical (unpaired) electrons. The molecular formula is C15H18N2O3S. The second-order valence-corrected chi connectivity index (χ2v) is 5.56. The summed E-state index contributed by atoms with van der Waals surface area (Å²) in [7, 11) is 0. The van der Waals surface area contributed by atoms with E-state index < -0.39 is 12.0 Å². The molecule has 0 saturated carbocycles. The van der Waals surface area contributed by atoms with Gasteiger partial charge in [0.05, 0.1) is 0 Å². The van der Waals surface area contributed by atoms with E-state index in [2.05, 4.69) is 17.6 Å². The number of thiol groups is 1. The maximum atomic E-state index is 12.3. The van der Waals surface area contributed by atoms with E-state index in [1.807, 2.05) is 12.1 Å². The van der Waals surface area contributed by atoms with Gasteiger partial charge in [-0.05, 0) is 35.8 Å². The molecule has 0 aromatic carbocycles. The summed E-state index contributed by atoms with van der Waals surface area (Å²) in [5.74, 6) is -1.05. The summed E-state index contributed by atoms with van der Waals surface area (Å²) in [6.45, 7) is 2.12. The quantitative estimate of drug-likeness (QED) is 0.637. The third-order valence-corrected chi connectivity index (χ3v) is 4.06. The summed E-state index contributed by atoms with van der Waals surface area (Å²) in [6.07, 6.45) is 5.70. The van der Waals surface area contributed by atoms with Crippen LogP contribution in [0.2, 0.25) is 0 Å². The van der Waals surface area contributed by atoms with Crippen LogP contribution in [0, 0.1) is 5.92 Å². The van der Waals surface area contributed by atoms with Gasteiger partial charge in [-0.15, -0.1) is 0 Å². The van der Waals surface area contributed by atoms with Crippen molar-refractivity contribution in [1.29, 1.82) is 0 Å². The Balaban J connectivity index is 2.14. The number of hydrogen-bond acceptors (Lipinski definition) is 4. The van der Waals surface area contributed by atoms with Crippen molar-refractivity contribution < 1.29 is 14.7 Å². The summed E-state index contributed by atoms with van der Waals surface area (Å²) in [6, 6.07) is 2.89. The minimum Gasteiger partial charge on any atom is -0.479 e. The molecule has 1 aliphatic heterocycles. The molecule has 2 unspecified atom stereocenters. The van der Waals surface area contributed by atoms with Gasteiger partial charge in [-0.2, -0.15) is 12.6 Å². The average Bonchev–Trinajstić information content (AvgIpc) is 2.90. The molecule has 112 valence electrons. The number of aromatic nitrogens is 1. The highest BCUT2D eigenvalue weighted by Crippen LogP contribution is 2.22. The summed E-state index contributed by atoms with van der Waals surface area (Å²) in [4.78, 5) is 29.0. The summed E-state index contributed by atoms with van der Waals surface area (Å²) >= 11 is 4.11. The number of carbonyl (C=O) groups excluding carboxylic acids is 1. The molecule has 1 aromatic rings. The predicted octanol–water partition coefficient (Wildman–Crippen LogP) is 1.41. The Hall–Kier alpha value is -1.82. The van der Waals surface area contributed by atoms with Crippen molar-refractivity contribution in [2.45, 2.75) is 19.4 Å². The van der Waals surface area contributed by atoms with E-state index in [-0.39, 0.29) is 11.8 Å². The number of pyridine rings is 1. The second kappa shape index (κ2) is 6.76. The monoisotopic (exact) mass is 306 g/mol. The van der Waals surface area contributed by atoms with E-state index in [4.69, 9.17) is 0 Å². The number of rotatable bonds is 5. The van der Waals surface area contributed by atoms with Crippen LogP contribution in [0.3, 0.4) is 0 Å². The first-order valence-electron chi connectivity index (χ1n) is 6.75. The van der Waals surface area contributed by atoms with Gasteiger partial charge in [0.2, 0.25) is 5.91 Å². The van der Waals surface area contributed by atoms with E-state index in [1.54, 1.807) is 25.4 Å². The van der Waals surface area contributed by atoms with E-state index in [9.17, 15) is 14.7 Å². The van der Waals surface area contributed by atoms with E-state index >= 15 is 0 Å². The molecule has 1 amide bonds. The van der Waals surface area contributed by atoms with Crippen LogP contribution in [-0.4, -0.2) is 45.2 Å². The lowest BCUT2D eigenvalue weighted by atomic mass is 10.1. The third-order valence-electron chi connectivity index (χ3n) is 3.51. The highest BCUT2D eigenvalue weighted by molar-refractivity contribution is 7.80. The standard InChI is InChI=1S/C15H18N2O3S/c1-10(9-21)14(18)17-8-12(7-13(17)15(19)20)6-11-2-4-16-5-3-11/h2-5,7,10,13,21H,6,8-9H2,1H3,(H,19,20). The molecule has 0 spiro atoms. The Labute approximate surface area is 129 Å². The highest BCUT2D eigenvalue weighted by atomic mass is 32.1. The van der Waals surface area contributed by atoms with Crippen LogP contribution in [0.4, 0.5) is 0 Å². The maximum Gasteiger partial charge on any atom is 0.330 e. The lowest BCUT2D eigenvalue weighted by Gasteiger charge is -2.24. The lowest BCUT2D eigenvalue weighted by Crippen LogP contribution is -2.44. The first-order valence-corrected chi connectivity index (χ1v) is 7.38. The molecule has 0 bridgehead atoms. The molecule has 2 rings (SSSR count). The first-order chi connectivity index (χ1) is 10.0. The zero-order chi connectivity index (χ0) is 15.4. The molecule has 0 fully saturated rings. The van der Waals surface area contributed by atoms with Crippen LogP contribution < -0.4 is 0 Å². The number of hydrogen-bond donors (Lipinski definition) is 2. The minimum atomic E-state index is -1.00. The first kappa shape index (κ1) is 15.6. The Morgan fingerprint density at radius 3 is 2.71 bits per heavy atom. The molecule has 21 heavy (non-hydrogen) atoms. The number of amides is 1. The number of aliphatic carboxylic acids is 1. The molecule has 1 aromatic heterocycles. The van der Waals surface area contributed by atoms with Crippen LogP contribution in [0.15, 0.2) is 36.2 Å². The van der Waals surface area contributed by atoms with Gasteiger partial charge in [-0.3, -0.25) is 9.78 Å². The average molecular weight is 306 g/mol. The molecule has 2 atom stereocenters. The Morgan fingerprint density at radius 2 is 2.14 bits per heavy atom. The topological polar surface area (TPSA) is 70.5 Å². The predicted molar refractivity (Wildman–Crippen MR) is 82.2 cm³/mol. The normalized spacial score (nSPS) is 19.2. The van der Waals surface area contributed by atoms with E-state index in [0.717, 1.165) is 11.1 Å². The molecule has 1 N–H and O–H groups in total. The van der Waals surface area contributed by atoms with E-state index in [0.29, 0.717) is 18.7 Å². The van der Waals surface area contributed by atoms with Crippen molar-refractivity contribution in [3.8, 4) is 0 Å². The van der Waals surface area contributed by atoms with Crippen molar-refractivity contribution in [2.75, 3.05) is 12.3 Å². The van der Waals surface area contributed by atoms with Crippen molar-refractivity contribution >= 4 is 24.5 Å². The number of carbonyl (C=O) groups is 2. The molecular weight excluding hydrogens is 288 g/mol. The molecule has 1 aliphatic rings. The van der Waals surface area contributed by atoms with Gasteiger partial charge >= 0.3 is 5.97 Å². The summed E-state index contributed by atoms with van der Waals surface area (Å²) in [5, 5.41) is 9.30. The van der Waals surface area contributed by atoms with Crippen molar-refractivity contribution in [1.82, 2.24) is 9.88 Å². The lowest BCUT2D eigenvalue weighted by molar-refractivity contribution is -0.148. The Kier molecular flexibility index (Phi) is 5.01. The SMILES string of the molecule is CC(CS)C(=O)N1CC(Cc2ccncc2)=CC1C(=O)O. The summed E-state index contributed by atoms with van der Waals surface area (Å²) in [5.41, 5.74) is 1.99. The second-order valence-electron chi connectivity index (χ2n) is 5.19. The third kappa shape index (κ3) is 3.64. The fourth-order valence-corrected chi connectivity index (χ4v) is 2.50. The van der Waals surface area contributed by atoms with Crippen LogP contribution >= 0.6 is 12.6 Å². The zero-order valence-corrected chi connectivity index (χ0v) is 12.7. The largest absolute Gasteiger partial charge is 0.479 e. The zero-order valence-electron chi connectivity index (χ0n) is 11.8. The van der Waals surface area contributed by atoms with Crippen molar-refractivity contribution in [3.63, 3.8) is 0 Å². The maximum absolute atomic E-state index is 12.3. The van der Waals surface area contributed by atoms with Crippen LogP contribution in [-0.2, 0) is 16.0 Å². The fourth-order valence-electron chi connectivity index (χ4n) is 2.34. The van der Waals surface area contributed by atoms with Gasteiger partial charge in [0.15, 0.2) is 0 Å². The van der Waals surface area contributed by atoms with Gasteiger partial charge in [0, 0.05) is 30.6 Å².